The molecule has 0 saturated carbocycles. The lowest BCUT2D eigenvalue weighted by molar-refractivity contribution is 0.220. The maximum absolute atomic E-state index is 9.00. The minimum Gasteiger partial charge on any atom is -0.371 e. The van der Waals surface area contributed by atoms with Crippen LogP contribution in [-0.4, -0.2) is 13.1 Å². The molecule has 2 nitrogen and oxygen atoms in total. The first kappa shape index (κ1) is 13.9. The fraction of sp³-hybridized carbons (Fsp3) is 0.588. The van der Waals surface area contributed by atoms with E-state index in [1.165, 1.54) is 24.9 Å². The Hall–Kier alpha value is -1.49. The summed E-state index contributed by atoms with van der Waals surface area (Å²) < 4.78 is 0. The summed E-state index contributed by atoms with van der Waals surface area (Å²) in [7, 11) is 0. The van der Waals surface area contributed by atoms with E-state index in [0.29, 0.717) is 5.41 Å². The average Bonchev–Trinajstić information content (AvgIpc) is 2.64. The molecular formula is C17H24N2. The molecule has 0 aliphatic carbocycles. The molecule has 1 atom stereocenters. The van der Waals surface area contributed by atoms with Crippen molar-refractivity contribution in [2.45, 2.75) is 40.0 Å². The average molecular weight is 256 g/mol. The van der Waals surface area contributed by atoms with Gasteiger partial charge in [-0.05, 0) is 48.8 Å². The van der Waals surface area contributed by atoms with Gasteiger partial charge in [0, 0.05) is 18.8 Å². The molecule has 1 aliphatic rings. The standard InChI is InChI=1S/C17H24N2/c1-17(2,3)15-7-5-10-19(11-9-15)16-8-4-6-14(12-16)13-18/h4,6,8,12,15H,5,7,9-11H2,1-3H3. The zero-order chi connectivity index (χ0) is 13.9. The van der Waals surface area contributed by atoms with Crippen molar-refractivity contribution >= 4 is 5.69 Å². The molecule has 0 spiro atoms. The van der Waals surface area contributed by atoms with Gasteiger partial charge in [0.15, 0.2) is 0 Å². The van der Waals surface area contributed by atoms with Crippen LogP contribution >= 0.6 is 0 Å². The lowest BCUT2D eigenvalue weighted by atomic mass is 9.77. The highest BCUT2D eigenvalue weighted by molar-refractivity contribution is 5.51. The maximum Gasteiger partial charge on any atom is 0.0992 e. The number of hydrogen-bond donors (Lipinski definition) is 0. The molecule has 2 heteroatoms. The molecule has 0 radical (unpaired) electrons. The SMILES string of the molecule is CC(C)(C)C1CCCN(c2cccc(C#N)c2)CC1. The summed E-state index contributed by atoms with van der Waals surface area (Å²) in [5.41, 5.74) is 2.37. The highest BCUT2D eigenvalue weighted by atomic mass is 15.1. The molecule has 1 saturated heterocycles. The number of benzene rings is 1. The van der Waals surface area contributed by atoms with Crippen molar-refractivity contribution in [1.82, 2.24) is 0 Å². The van der Waals surface area contributed by atoms with E-state index in [9.17, 15) is 0 Å². The first-order chi connectivity index (χ1) is 9.00. The van der Waals surface area contributed by atoms with Crippen molar-refractivity contribution in [3.05, 3.63) is 29.8 Å². The van der Waals surface area contributed by atoms with E-state index in [0.717, 1.165) is 24.6 Å². The van der Waals surface area contributed by atoms with Crippen LogP contribution in [0.25, 0.3) is 0 Å². The molecular weight excluding hydrogens is 232 g/mol. The Morgan fingerprint density at radius 1 is 1.21 bits per heavy atom. The van der Waals surface area contributed by atoms with Crippen molar-refractivity contribution in [3.8, 4) is 6.07 Å². The lowest BCUT2D eigenvalue weighted by Crippen LogP contribution is -2.26. The van der Waals surface area contributed by atoms with Crippen LogP contribution in [0.15, 0.2) is 24.3 Å². The van der Waals surface area contributed by atoms with Gasteiger partial charge in [-0.2, -0.15) is 5.26 Å². The van der Waals surface area contributed by atoms with E-state index < -0.39 is 0 Å². The van der Waals surface area contributed by atoms with Crippen molar-refractivity contribution in [1.29, 1.82) is 5.26 Å². The van der Waals surface area contributed by atoms with Gasteiger partial charge in [0.25, 0.3) is 0 Å². The summed E-state index contributed by atoms with van der Waals surface area (Å²) in [5, 5.41) is 9.00. The number of nitriles is 1. The summed E-state index contributed by atoms with van der Waals surface area (Å²) in [6.07, 6.45) is 3.82. The Balaban J connectivity index is 2.09. The van der Waals surface area contributed by atoms with E-state index in [4.69, 9.17) is 5.26 Å². The Bertz CT molecular complexity index is 465. The molecule has 1 aliphatic heterocycles. The van der Waals surface area contributed by atoms with Gasteiger partial charge in [0.05, 0.1) is 11.6 Å². The third-order valence-corrected chi connectivity index (χ3v) is 4.29. The van der Waals surface area contributed by atoms with Gasteiger partial charge in [-0.3, -0.25) is 0 Å². The van der Waals surface area contributed by atoms with Crippen LogP contribution in [0.4, 0.5) is 5.69 Å². The second-order valence-electron chi connectivity index (χ2n) is 6.64. The largest absolute Gasteiger partial charge is 0.371 e. The molecule has 1 aromatic carbocycles. The van der Waals surface area contributed by atoms with Gasteiger partial charge >= 0.3 is 0 Å². The van der Waals surface area contributed by atoms with Crippen LogP contribution < -0.4 is 4.90 Å². The predicted octanol–water partition coefficient (Wildman–Crippen LogP) is 4.21. The molecule has 19 heavy (non-hydrogen) atoms. The van der Waals surface area contributed by atoms with Crippen LogP contribution in [0, 0.1) is 22.7 Å². The van der Waals surface area contributed by atoms with E-state index >= 15 is 0 Å². The molecule has 2 rings (SSSR count). The fourth-order valence-electron chi connectivity index (χ4n) is 2.99. The van der Waals surface area contributed by atoms with Crippen molar-refractivity contribution < 1.29 is 0 Å². The lowest BCUT2D eigenvalue weighted by Gasteiger charge is -2.30. The van der Waals surface area contributed by atoms with Crippen LogP contribution in [0.1, 0.15) is 45.6 Å². The molecule has 0 amide bonds. The Morgan fingerprint density at radius 2 is 2.00 bits per heavy atom. The van der Waals surface area contributed by atoms with Crippen LogP contribution in [0.5, 0.6) is 0 Å². The van der Waals surface area contributed by atoms with E-state index in [1.807, 2.05) is 18.2 Å². The van der Waals surface area contributed by atoms with Gasteiger partial charge < -0.3 is 4.90 Å². The molecule has 0 aromatic heterocycles. The van der Waals surface area contributed by atoms with Crippen LogP contribution in [0.2, 0.25) is 0 Å². The third-order valence-electron chi connectivity index (χ3n) is 4.29. The number of anilines is 1. The van der Waals surface area contributed by atoms with Gasteiger partial charge in [-0.25, -0.2) is 0 Å². The van der Waals surface area contributed by atoms with Gasteiger partial charge in [0.1, 0.15) is 0 Å². The fourth-order valence-corrected chi connectivity index (χ4v) is 2.99. The van der Waals surface area contributed by atoms with Crippen molar-refractivity contribution in [2.24, 2.45) is 11.3 Å². The van der Waals surface area contributed by atoms with Crippen LogP contribution in [-0.2, 0) is 0 Å². The summed E-state index contributed by atoms with van der Waals surface area (Å²) >= 11 is 0. The monoisotopic (exact) mass is 256 g/mol. The Labute approximate surface area is 117 Å². The molecule has 1 unspecified atom stereocenters. The first-order valence-electron chi connectivity index (χ1n) is 7.26. The minimum absolute atomic E-state index is 0.407. The van der Waals surface area contributed by atoms with Gasteiger partial charge in [-0.15, -0.1) is 0 Å². The predicted molar refractivity (Wildman–Crippen MR) is 80.2 cm³/mol. The number of rotatable bonds is 1. The first-order valence-corrected chi connectivity index (χ1v) is 7.26. The second kappa shape index (κ2) is 5.65. The number of nitrogens with zero attached hydrogens (tertiary/aromatic N) is 2. The van der Waals surface area contributed by atoms with Gasteiger partial charge in [0.2, 0.25) is 0 Å². The zero-order valence-electron chi connectivity index (χ0n) is 12.3. The smallest absolute Gasteiger partial charge is 0.0992 e. The quantitative estimate of drug-likeness (QED) is 0.752. The highest BCUT2D eigenvalue weighted by Crippen LogP contribution is 2.35. The topological polar surface area (TPSA) is 27.0 Å². The van der Waals surface area contributed by atoms with E-state index in [2.05, 4.69) is 37.8 Å². The zero-order valence-corrected chi connectivity index (χ0v) is 12.3. The summed E-state index contributed by atoms with van der Waals surface area (Å²) in [5.74, 6) is 0.802. The Kier molecular flexibility index (Phi) is 4.14. The molecule has 0 bridgehead atoms. The molecule has 102 valence electrons. The van der Waals surface area contributed by atoms with Crippen LogP contribution in [0.3, 0.4) is 0 Å². The normalized spacial score (nSPS) is 20.7. The Morgan fingerprint density at radius 3 is 2.68 bits per heavy atom. The molecule has 0 N–H and O–H groups in total. The van der Waals surface area contributed by atoms with Crippen molar-refractivity contribution in [2.75, 3.05) is 18.0 Å². The maximum atomic E-state index is 9.00. The van der Waals surface area contributed by atoms with E-state index in [-0.39, 0.29) is 0 Å². The highest BCUT2D eigenvalue weighted by Gasteiger charge is 2.27. The molecule has 1 heterocycles. The number of hydrogen-bond acceptors (Lipinski definition) is 2. The molecule has 1 aromatic rings. The summed E-state index contributed by atoms with van der Waals surface area (Å²) in [4.78, 5) is 2.44. The third kappa shape index (κ3) is 3.50. The summed E-state index contributed by atoms with van der Waals surface area (Å²) in [6, 6.07) is 10.2. The second-order valence-corrected chi connectivity index (χ2v) is 6.64. The van der Waals surface area contributed by atoms with Crippen molar-refractivity contribution in [3.63, 3.8) is 0 Å². The minimum atomic E-state index is 0.407. The summed E-state index contributed by atoms with van der Waals surface area (Å²) in [6.45, 7) is 9.27. The molecule has 1 fully saturated rings. The van der Waals surface area contributed by atoms with Gasteiger partial charge in [-0.1, -0.05) is 26.8 Å². The van der Waals surface area contributed by atoms with E-state index in [1.54, 1.807) is 0 Å².